The third-order valence-electron chi connectivity index (χ3n) is 1.88. The molecule has 1 N–H and O–H groups in total. The second kappa shape index (κ2) is 5.11. The van der Waals surface area contributed by atoms with Gasteiger partial charge in [0.05, 0.1) is 12.3 Å². The van der Waals surface area contributed by atoms with Crippen molar-refractivity contribution in [2.75, 3.05) is 6.61 Å². The maximum atomic E-state index is 12.2. The molecule has 1 rings (SSSR count). The van der Waals surface area contributed by atoms with Crippen LogP contribution < -0.4 is 10.3 Å². The Kier molecular flexibility index (Phi) is 4.00. The summed E-state index contributed by atoms with van der Waals surface area (Å²) >= 11 is 0. The Balaban J connectivity index is 3.29. The molecule has 0 bridgehead atoms. The van der Waals surface area contributed by atoms with E-state index in [2.05, 4.69) is 14.5 Å². The van der Waals surface area contributed by atoms with Crippen molar-refractivity contribution in [1.82, 2.24) is 4.98 Å². The average Bonchev–Trinajstić information content (AvgIpc) is 2.20. The predicted octanol–water partition coefficient (Wildman–Crippen LogP) is 1.76. The number of pyridine rings is 1. The lowest BCUT2D eigenvalue weighted by atomic mass is 10.2. The van der Waals surface area contributed by atoms with Crippen molar-refractivity contribution >= 4 is 5.97 Å². The molecule has 5 nitrogen and oxygen atoms in total. The molecule has 0 aliphatic carbocycles. The van der Waals surface area contributed by atoms with Gasteiger partial charge in [-0.3, -0.25) is 4.79 Å². The van der Waals surface area contributed by atoms with E-state index in [1.807, 2.05) is 0 Å². The summed E-state index contributed by atoms with van der Waals surface area (Å²) in [6, 6.07) is 0.700. The van der Waals surface area contributed by atoms with E-state index in [-0.39, 0.29) is 12.3 Å². The Morgan fingerprint density at radius 2 is 2.06 bits per heavy atom. The van der Waals surface area contributed by atoms with Gasteiger partial charge in [-0.05, 0) is 13.8 Å². The number of ether oxygens (including phenoxy) is 2. The lowest BCUT2D eigenvalue weighted by Crippen LogP contribution is -2.23. The number of esters is 1. The van der Waals surface area contributed by atoms with Crippen LogP contribution in [-0.4, -0.2) is 23.9 Å². The van der Waals surface area contributed by atoms with Gasteiger partial charge < -0.3 is 14.5 Å². The first-order chi connectivity index (χ1) is 8.24. The summed E-state index contributed by atoms with van der Waals surface area (Å²) < 4.78 is 44.8. The van der Waals surface area contributed by atoms with Crippen molar-refractivity contribution < 1.29 is 27.4 Å². The number of rotatable bonds is 3. The molecule has 1 aromatic rings. The van der Waals surface area contributed by atoms with Gasteiger partial charge in [0.15, 0.2) is 5.75 Å². The lowest BCUT2D eigenvalue weighted by Gasteiger charge is -2.14. The van der Waals surface area contributed by atoms with Gasteiger partial charge in [0.25, 0.3) is 0 Å². The molecule has 8 heteroatoms. The molecule has 0 radical (unpaired) electrons. The van der Waals surface area contributed by atoms with E-state index in [0.29, 0.717) is 6.07 Å². The van der Waals surface area contributed by atoms with Gasteiger partial charge in [0.2, 0.25) is 5.56 Å². The minimum Gasteiger partial charge on any atom is -0.462 e. The van der Waals surface area contributed by atoms with Gasteiger partial charge >= 0.3 is 12.3 Å². The summed E-state index contributed by atoms with van der Waals surface area (Å²) in [6.45, 7) is 2.64. The fraction of sp³-hybridized carbons (Fsp3) is 0.400. The zero-order valence-corrected chi connectivity index (χ0v) is 9.55. The second-order valence-electron chi connectivity index (χ2n) is 3.27. The molecule has 0 aliphatic rings. The zero-order valence-electron chi connectivity index (χ0n) is 9.55. The summed E-state index contributed by atoms with van der Waals surface area (Å²) in [7, 11) is 0. The molecule has 0 unspecified atom stereocenters. The highest BCUT2D eigenvalue weighted by Gasteiger charge is 2.34. The van der Waals surface area contributed by atoms with Gasteiger partial charge in [0.1, 0.15) is 5.56 Å². The number of aromatic amines is 1. The van der Waals surface area contributed by atoms with Gasteiger partial charge in [0, 0.05) is 6.07 Å². The van der Waals surface area contributed by atoms with E-state index in [4.69, 9.17) is 0 Å². The van der Waals surface area contributed by atoms with Gasteiger partial charge in [-0.15, -0.1) is 13.2 Å². The van der Waals surface area contributed by atoms with Gasteiger partial charge in [-0.1, -0.05) is 0 Å². The Morgan fingerprint density at radius 1 is 1.44 bits per heavy atom. The minimum absolute atomic E-state index is 0.0316. The third-order valence-corrected chi connectivity index (χ3v) is 1.88. The topological polar surface area (TPSA) is 68.4 Å². The van der Waals surface area contributed by atoms with Gasteiger partial charge in [-0.2, -0.15) is 0 Å². The van der Waals surface area contributed by atoms with Crippen LogP contribution in [0, 0.1) is 6.92 Å². The van der Waals surface area contributed by atoms with Crippen molar-refractivity contribution in [2.24, 2.45) is 0 Å². The molecule has 1 heterocycles. The van der Waals surface area contributed by atoms with E-state index in [0.717, 1.165) is 0 Å². The highest BCUT2D eigenvalue weighted by atomic mass is 19.4. The van der Waals surface area contributed by atoms with Crippen LogP contribution in [0.25, 0.3) is 0 Å². The zero-order chi connectivity index (χ0) is 13.9. The molecule has 18 heavy (non-hydrogen) atoms. The summed E-state index contributed by atoms with van der Waals surface area (Å²) in [5.74, 6) is -1.81. The van der Waals surface area contributed by atoms with E-state index >= 15 is 0 Å². The lowest BCUT2D eigenvalue weighted by molar-refractivity contribution is -0.275. The Morgan fingerprint density at radius 3 is 2.56 bits per heavy atom. The van der Waals surface area contributed by atoms with E-state index in [1.165, 1.54) is 13.8 Å². The maximum absolute atomic E-state index is 12.2. The number of hydrogen-bond donors (Lipinski definition) is 1. The van der Waals surface area contributed by atoms with E-state index in [9.17, 15) is 22.8 Å². The summed E-state index contributed by atoms with van der Waals surface area (Å²) in [6.07, 6.45) is -4.97. The second-order valence-corrected chi connectivity index (χ2v) is 3.27. The molecule has 100 valence electrons. The van der Waals surface area contributed by atoms with E-state index < -0.39 is 29.2 Å². The molecule has 0 aromatic carbocycles. The van der Waals surface area contributed by atoms with Crippen molar-refractivity contribution in [1.29, 1.82) is 0 Å². The van der Waals surface area contributed by atoms with Crippen LogP contribution in [0.15, 0.2) is 10.9 Å². The molecule has 0 atom stereocenters. The van der Waals surface area contributed by atoms with Crippen LogP contribution in [-0.2, 0) is 4.74 Å². The Labute approximate surface area is 99.5 Å². The fourth-order valence-corrected chi connectivity index (χ4v) is 1.28. The highest BCUT2D eigenvalue weighted by molar-refractivity contribution is 5.92. The minimum atomic E-state index is -4.97. The maximum Gasteiger partial charge on any atom is 0.573 e. The van der Waals surface area contributed by atoms with Crippen molar-refractivity contribution in [3.8, 4) is 5.75 Å². The van der Waals surface area contributed by atoms with Crippen LogP contribution in [0.5, 0.6) is 5.75 Å². The largest absolute Gasteiger partial charge is 0.573 e. The van der Waals surface area contributed by atoms with Crippen LogP contribution in [0.3, 0.4) is 0 Å². The summed E-state index contributed by atoms with van der Waals surface area (Å²) in [4.78, 5) is 24.7. The number of carbonyl (C=O) groups excluding carboxylic acids is 1. The summed E-state index contributed by atoms with van der Waals surface area (Å²) in [5, 5.41) is 0. The monoisotopic (exact) mass is 265 g/mol. The molecule has 0 amide bonds. The van der Waals surface area contributed by atoms with Crippen LogP contribution in [0.4, 0.5) is 13.2 Å². The average molecular weight is 265 g/mol. The summed E-state index contributed by atoms with van der Waals surface area (Å²) in [5.41, 5.74) is -1.48. The molecule has 0 saturated heterocycles. The SMILES string of the molecule is CCOC(=O)c1cc(=O)[nH]c(C)c1OC(F)(F)F. The first-order valence-corrected chi connectivity index (χ1v) is 4.91. The van der Waals surface area contributed by atoms with Crippen molar-refractivity contribution in [2.45, 2.75) is 20.2 Å². The number of aryl methyl sites for hydroxylation is 1. The van der Waals surface area contributed by atoms with Crippen LogP contribution in [0.1, 0.15) is 23.0 Å². The number of halogens is 3. The molecule has 0 fully saturated rings. The Hall–Kier alpha value is -1.99. The molecule has 1 aromatic heterocycles. The Bertz CT molecular complexity index is 507. The van der Waals surface area contributed by atoms with Crippen molar-refractivity contribution in [3.63, 3.8) is 0 Å². The number of aromatic nitrogens is 1. The highest BCUT2D eigenvalue weighted by Crippen LogP contribution is 2.28. The number of carbonyl (C=O) groups is 1. The number of nitrogens with one attached hydrogen (secondary N) is 1. The number of alkyl halides is 3. The molecule has 0 aliphatic heterocycles. The first kappa shape index (κ1) is 14.1. The fourth-order valence-electron chi connectivity index (χ4n) is 1.28. The molecular weight excluding hydrogens is 255 g/mol. The first-order valence-electron chi connectivity index (χ1n) is 4.91. The standard InChI is InChI=1S/C10H10F3NO4/c1-3-17-9(16)6-4-7(15)14-5(2)8(6)18-10(11,12)13/h4H,3H2,1-2H3,(H,14,15). The quantitative estimate of drug-likeness (QED) is 0.845. The smallest absolute Gasteiger partial charge is 0.462 e. The predicted molar refractivity (Wildman–Crippen MR) is 54.4 cm³/mol. The number of H-pyrrole nitrogens is 1. The molecule has 0 saturated carbocycles. The van der Waals surface area contributed by atoms with Gasteiger partial charge in [-0.25, -0.2) is 4.79 Å². The number of hydrogen-bond acceptors (Lipinski definition) is 4. The molecular formula is C10H10F3NO4. The normalized spacial score (nSPS) is 11.2. The molecule has 0 spiro atoms. The van der Waals surface area contributed by atoms with Crippen LogP contribution in [0.2, 0.25) is 0 Å². The third kappa shape index (κ3) is 3.51. The van der Waals surface area contributed by atoms with Crippen molar-refractivity contribution in [3.05, 3.63) is 27.7 Å². The van der Waals surface area contributed by atoms with Crippen LogP contribution >= 0.6 is 0 Å². The van der Waals surface area contributed by atoms with E-state index in [1.54, 1.807) is 0 Å².